The van der Waals surface area contributed by atoms with Gasteiger partial charge in [-0.05, 0) is 47.3 Å². The summed E-state index contributed by atoms with van der Waals surface area (Å²) in [5.41, 5.74) is 6.31. The summed E-state index contributed by atoms with van der Waals surface area (Å²) in [7, 11) is 0.898. The molecule has 0 saturated carbocycles. The number of benzene rings is 3. The predicted molar refractivity (Wildman–Crippen MR) is 130 cm³/mol. The molecular weight excluding hydrogens is 366 g/mol. The van der Waals surface area contributed by atoms with E-state index in [0.29, 0.717) is 0 Å². The van der Waals surface area contributed by atoms with E-state index in [1.165, 1.54) is 34.7 Å². The molecule has 0 aliphatic carbocycles. The van der Waals surface area contributed by atoms with Crippen LogP contribution >= 0.6 is 0 Å². The number of aryl methyl sites for hydroxylation is 1. The SMILES string of the molecule is C=C(c1ccccc1)c1ccc(CCC[Si](C)(C)N(C)Cc2ccccc2)cc1. The number of hydrogen-bond donors (Lipinski definition) is 0. The molecule has 0 fully saturated rings. The van der Waals surface area contributed by atoms with Crippen molar-refractivity contribution in [3.05, 3.63) is 114 Å². The molecule has 29 heavy (non-hydrogen) atoms. The highest BCUT2D eigenvalue weighted by Gasteiger charge is 2.25. The first kappa shape index (κ1) is 21.3. The van der Waals surface area contributed by atoms with Crippen LogP contribution in [0.5, 0.6) is 0 Å². The predicted octanol–water partition coefficient (Wildman–Crippen LogP) is 7.02. The first-order valence-electron chi connectivity index (χ1n) is 10.5. The lowest BCUT2D eigenvalue weighted by Crippen LogP contribution is -2.45. The van der Waals surface area contributed by atoms with Gasteiger partial charge in [-0.3, -0.25) is 0 Å². The van der Waals surface area contributed by atoms with Crippen molar-refractivity contribution >= 4 is 13.8 Å². The maximum absolute atomic E-state index is 4.27. The maximum atomic E-state index is 4.27. The third kappa shape index (κ3) is 6.03. The molecule has 0 saturated heterocycles. The van der Waals surface area contributed by atoms with E-state index in [2.05, 4.69) is 110 Å². The van der Waals surface area contributed by atoms with Gasteiger partial charge in [0.1, 0.15) is 8.24 Å². The molecule has 150 valence electrons. The smallest absolute Gasteiger partial charge is 0.122 e. The molecule has 0 radical (unpaired) electrons. The van der Waals surface area contributed by atoms with Gasteiger partial charge in [-0.25, -0.2) is 0 Å². The minimum absolute atomic E-state index is 1.05. The second-order valence-corrected chi connectivity index (χ2v) is 13.4. The average Bonchev–Trinajstić information content (AvgIpc) is 2.75. The Labute approximate surface area is 177 Å². The van der Waals surface area contributed by atoms with Gasteiger partial charge in [0.05, 0.1) is 0 Å². The van der Waals surface area contributed by atoms with Crippen molar-refractivity contribution in [2.75, 3.05) is 7.05 Å². The Kier molecular flexibility index (Phi) is 7.24. The van der Waals surface area contributed by atoms with Gasteiger partial charge in [-0.1, -0.05) is 111 Å². The summed E-state index contributed by atoms with van der Waals surface area (Å²) in [4.78, 5) is 0. The molecule has 0 heterocycles. The highest BCUT2D eigenvalue weighted by Crippen LogP contribution is 2.23. The van der Waals surface area contributed by atoms with Crippen molar-refractivity contribution in [1.29, 1.82) is 0 Å². The molecule has 0 aliphatic heterocycles. The van der Waals surface area contributed by atoms with Crippen LogP contribution in [0, 0.1) is 0 Å². The Morgan fingerprint density at radius 1 is 0.759 bits per heavy atom. The zero-order valence-corrected chi connectivity index (χ0v) is 19.1. The van der Waals surface area contributed by atoms with Crippen LogP contribution < -0.4 is 0 Å². The van der Waals surface area contributed by atoms with Crippen molar-refractivity contribution in [3.63, 3.8) is 0 Å². The number of hydrogen-bond acceptors (Lipinski definition) is 1. The highest BCUT2D eigenvalue weighted by molar-refractivity contribution is 6.74. The van der Waals surface area contributed by atoms with E-state index in [-0.39, 0.29) is 0 Å². The Hall–Kier alpha value is -2.42. The van der Waals surface area contributed by atoms with E-state index in [4.69, 9.17) is 0 Å². The molecule has 0 atom stereocenters. The largest absolute Gasteiger partial charge is 0.322 e. The topological polar surface area (TPSA) is 3.24 Å². The van der Waals surface area contributed by atoms with Crippen LogP contribution in [0.2, 0.25) is 19.1 Å². The van der Waals surface area contributed by atoms with Gasteiger partial charge in [0.25, 0.3) is 0 Å². The fourth-order valence-corrected chi connectivity index (χ4v) is 5.70. The second-order valence-electron chi connectivity index (χ2n) is 8.55. The van der Waals surface area contributed by atoms with Crippen LogP contribution in [0.3, 0.4) is 0 Å². The molecule has 3 aromatic carbocycles. The fraction of sp³-hybridized carbons (Fsp3) is 0.259. The van der Waals surface area contributed by atoms with Crippen LogP contribution in [0.4, 0.5) is 0 Å². The molecule has 1 nitrogen and oxygen atoms in total. The second kappa shape index (κ2) is 9.86. The van der Waals surface area contributed by atoms with E-state index in [1.54, 1.807) is 0 Å². The van der Waals surface area contributed by atoms with Crippen molar-refractivity contribution in [1.82, 2.24) is 4.57 Å². The maximum Gasteiger partial charge on any atom is 0.122 e. The third-order valence-electron chi connectivity index (χ3n) is 5.97. The summed E-state index contributed by atoms with van der Waals surface area (Å²) in [5.74, 6) is 0. The van der Waals surface area contributed by atoms with Gasteiger partial charge >= 0.3 is 0 Å². The molecule has 0 unspecified atom stereocenters. The zero-order valence-electron chi connectivity index (χ0n) is 18.1. The van der Waals surface area contributed by atoms with Gasteiger partial charge in [-0.2, -0.15) is 0 Å². The van der Waals surface area contributed by atoms with E-state index < -0.39 is 8.24 Å². The summed E-state index contributed by atoms with van der Waals surface area (Å²) < 4.78 is 2.61. The van der Waals surface area contributed by atoms with E-state index in [1.807, 2.05) is 6.07 Å². The molecule has 3 aromatic rings. The van der Waals surface area contributed by atoms with Gasteiger partial charge in [0, 0.05) is 6.54 Å². The van der Waals surface area contributed by atoms with E-state index in [0.717, 1.165) is 18.5 Å². The van der Waals surface area contributed by atoms with E-state index >= 15 is 0 Å². The molecule has 0 aliphatic rings. The quantitative estimate of drug-likeness (QED) is 0.349. The molecule has 0 amide bonds. The van der Waals surface area contributed by atoms with Crippen LogP contribution in [-0.4, -0.2) is 19.8 Å². The monoisotopic (exact) mass is 399 g/mol. The molecular formula is C27H33NSi. The van der Waals surface area contributed by atoms with Crippen molar-refractivity contribution < 1.29 is 0 Å². The first-order valence-corrected chi connectivity index (χ1v) is 13.7. The van der Waals surface area contributed by atoms with Crippen molar-refractivity contribution in [3.8, 4) is 0 Å². The Bertz CT molecular complexity index is 898. The minimum Gasteiger partial charge on any atom is -0.322 e. The Morgan fingerprint density at radius 3 is 1.93 bits per heavy atom. The van der Waals surface area contributed by atoms with Gasteiger partial charge < -0.3 is 4.57 Å². The Balaban J connectivity index is 1.51. The van der Waals surface area contributed by atoms with Gasteiger partial charge in [0.2, 0.25) is 0 Å². The summed E-state index contributed by atoms with van der Waals surface area (Å²) in [5, 5.41) is 0. The van der Waals surface area contributed by atoms with Crippen LogP contribution in [0.25, 0.3) is 5.57 Å². The van der Waals surface area contributed by atoms with Crippen LogP contribution in [0.15, 0.2) is 91.5 Å². The Morgan fingerprint density at radius 2 is 1.31 bits per heavy atom. The van der Waals surface area contributed by atoms with E-state index in [9.17, 15) is 0 Å². The average molecular weight is 400 g/mol. The standard InChI is InChI=1S/C27H33NSi/c1-23(26-15-9-6-10-16-26)27-19-17-24(18-20-27)14-11-21-29(3,4)28(2)22-25-12-7-5-8-13-25/h5-10,12-13,15-20H,1,11,14,21-22H2,2-4H3. The number of rotatable bonds is 9. The van der Waals surface area contributed by atoms with Crippen LogP contribution in [0.1, 0.15) is 28.7 Å². The van der Waals surface area contributed by atoms with Crippen molar-refractivity contribution in [2.45, 2.75) is 38.5 Å². The molecule has 3 rings (SSSR count). The molecule has 0 bridgehead atoms. The van der Waals surface area contributed by atoms with Crippen LogP contribution in [-0.2, 0) is 13.0 Å². The summed E-state index contributed by atoms with van der Waals surface area (Å²) in [6.45, 7) is 10.3. The first-order chi connectivity index (χ1) is 14.0. The van der Waals surface area contributed by atoms with Gasteiger partial charge in [-0.15, -0.1) is 0 Å². The van der Waals surface area contributed by atoms with Crippen molar-refractivity contribution in [2.24, 2.45) is 0 Å². The lowest BCUT2D eigenvalue weighted by atomic mass is 9.98. The lowest BCUT2D eigenvalue weighted by Gasteiger charge is -2.34. The highest BCUT2D eigenvalue weighted by atomic mass is 28.3. The lowest BCUT2D eigenvalue weighted by molar-refractivity contribution is 0.496. The third-order valence-corrected chi connectivity index (χ3v) is 9.78. The molecule has 0 N–H and O–H groups in total. The molecule has 0 spiro atoms. The normalized spacial score (nSPS) is 11.6. The summed E-state index contributed by atoms with van der Waals surface area (Å²) >= 11 is 0. The fourth-order valence-electron chi connectivity index (χ4n) is 3.67. The number of nitrogens with zero attached hydrogens (tertiary/aromatic N) is 1. The summed E-state index contributed by atoms with van der Waals surface area (Å²) in [6, 6.07) is 31.5. The van der Waals surface area contributed by atoms with Gasteiger partial charge in [0.15, 0.2) is 0 Å². The summed E-state index contributed by atoms with van der Waals surface area (Å²) in [6.07, 6.45) is 2.39. The minimum atomic E-state index is -1.40. The molecule has 0 aromatic heterocycles. The zero-order chi connectivity index (χ0) is 20.7. The molecule has 2 heteroatoms.